The molecular formula is C18H11BrN2O4S. The number of hydrogen-bond donors (Lipinski definition) is 1. The summed E-state index contributed by atoms with van der Waals surface area (Å²) in [6, 6.07) is 14.4. The van der Waals surface area contributed by atoms with Crippen LogP contribution in [-0.4, -0.2) is 13.4 Å². The summed E-state index contributed by atoms with van der Waals surface area (Å²) in [5, 5.41) is 1.32. The summed E-state index contributed by atoms with van der Waals surface area (Å²) < 4.78 is 34.1. The van der Waals surface area contributed by atoms with Gasteiger partial charge in [-0.2, -0.15) is 0 Å². The van der Waals surface area contributed by atoms with E-state index in [2.05, 4.69) is 25.6 Å². The zero-order valence-corrected chi connectivity index (χ0v) is 15.5. The van der Waals surface area contributed by atoms with Gasteiger partial charge in [-0.05, 0) is 42.5 Å². The molecule has 0 atom stereocenters. The standard InChI is InChI=1S/C18H11BrN2O4S/c19-13-8-12-2-1-7-20-18(12)16(10-13)26(23,24)21-14-4-5-15-11(9-14)3-6-17(22)25-15/h1-10,21H. The molecule has 0 spiro atoms. The summed E-state index contributed by atoms with van der Waals surface area (Å²) in [6.07, 6.45) is 1.55. The van der Waals surface area contributed by atoms with Crippen LogP contribution in [0, 0.1) is 0 Å². The van der Waals surface area contributed by atoms with Crippen LogP contribution in [0.3, 0.4) is 0 Å². The second-order valence-corrected chi connectivity index (χ2v) is 8.16. The molecule has 2 aromatic heterocycles. The number of nitrogens with zero attached hydrogens (tertiary/aromatic N) is 1. The van der Waals surface area contributed by atoms with Crippen LogP contribution >= 0.6 is 15.9 Å². The predicted molar refractivity (Wildman–Crippen MR) is 103 cm³/mol. The molecule has 0 radical (unpaired) electrons. The number of rotatable bonds is 3. The van der Waals surface area contributed by atoms with Crippen molar-refractivity contribution in [3.8, 4) is 0 Å². The van der Waals surface area contributed by atoms with Gasteiger partial charge >= 0.3 is 5.63 Å². The normalized spacial score (nSPS) is 11.7. The Hall–Kier alpha value is -2.71. The lowest BCUT2D eigenvalue weighted by molar-refractivity contribution is 0.561. The van der Waals surface area contributed by atoms with E-state index in [4.69, 9.17) is 4.42 Å². The molecule has 0 bridgehead atoms. The van der Waals surface area contributed by atoms with Gasteiger partial charge in [0.05, 0.1) is 5.52 Å². The Morgan fingerprint density at radius 1 is 1.00 bits per heavy atom. The van der Waals surface area contributed by atoms with Crippen LogP contribution in [0.15, 0.2) is 79.4 Å². The van der Waals surface area contributed by atoms with Crippen molar-refractivity contribution in [2.45, 2.75) is 4.90 Å². The highest BCUT2D eigenvalue weighted by Crippen LogP contribution is 2.28. The van der Waals surface area contributed by atoms with Crippen LogP contribution in [0.4, 0.5) is 5.69 Å². The summed E-state index contributed by atoms with van der Waals surface area (Å²) in [7, 11) is -3.87. The van der Waals surface area contributed by atoms with Crippen LogP contribution in [0.25, 0.3) is 21.9 Å². The first-order valence-electron chi connectivity index (χ1n) is 7.53. The second-order valence-electron chi connectivity index (χ2n) is 5.59. The maximum Gasteiger partial charge on any atom is 0.336 e. The minimum atomic E-state index is -3.87. The minimum Gasteiger partial charge on any atom is -0.423 e. The molecule has 0 aliphatic rings. The van der Waals surface area contributed by atoms with Crippen molar-refractivity contribution in [3.05, 3.63) is 75.7 Å². The highest BCUT2D eigenvalue weighted by molar-refractivity contribution is 9.10. The van der Waals surface area contributed by atoms with Gasteiger partial charge in [-0.1, -0.05) is 22.0 Å². The fraction of sp³-hybridized carbons (Fsp3) is 0. The number of sulfonamides is 1. The summed E-state index contributed by atoms with van der Waals surface area (Å²) in [6.45, 7) is 0. The zero-order valence-electron chi connectivity index (χ0n) is 13.1. The van der Waals surface area contributed by atoms with Crippen molar-refractivity contribution in [1.29, 1.82) is 0 Å². The SMILES string of the molecule is O=c1ccc2cc(NS(=O)(=O)c3cc(Br)cc4cccnc34)ccc2o1. The van der Waals surface area contributed by atoms with E-state index in [0.717, 1.165) is 0 Å². The number of hydrogen-bond acceptors (Lipinski definition) is 5. The Bertz CT molecular complexity index is 1320. The van der Waals surface area contributed by atoms with Crippen LogP contribution in [0.1, 0.15) is 0 Å². The zero-order chi connectivity index (χ0) is 18.3. The smallest absolute Gasteiger partial charge is 0.336 e. The number of aromatic nitrogens is 1. The lowest BCUT2D eigenvalue weighted by atomic mass is 10.2. The maximum atomic E-state index is 12.9. The van der Waals surface area contributed by atoms with Crippen molar-refractivity contribution in [2.75, 3.05) is 4.72 Å². The number of fused-ring (bicyclic) bond motifs is 2. The van der Waals surface area contributed by atoms with Crippen LogP contribution in [0.5, 0.6) is 0 Å². The minimum absolute atomic E-state index is 0.0714. The Kier molecular flexibility index (Phi) is 4.01. The molecule has 4 rings (SSSR count). The highest BCUT2D eigenvalue weighted by Gasteiger charge is 2.19. The van der Waals surface area contributed by atoms with E-state index in [0.29, 0.717) is 32.0 Å². The molecule has 4 aromatic rings. The fourth-order valence-electron chi connectivity index (χ4n) is 2.67. The van der Waals surface area contributed by atoms with Gasteiger partial charge in [0, 0.05) is 33.2 Å². The number of anilines is 1. The first-order chi connectivity index (χ1) is 12.4. The third-order valence-corrected chi connectivity index (χ3v) is 5.65. The monoisotopic (exact) mass is 430 g/mol. The molecule has 2 heterocycles. The van der Waals surface area contributed by atoms with E-state index in [1.807, 2.05) is 0 Å². The van der Waals surface area contributed by atoms with E-state index in [1.54, 1.807) is 42.6 Å². The van der Waals surface area contributed by atoms with Crippen molar-refractivity contribution in [3.63, 3.8) is 0 Å². The molecule has 0 saturated heterocycles. The summed E-state index contributed by atoms with van der Waals surface area (Å²) in [5.74, 6) is 0. The Morgan fingerprint density at radius 3 is 2.69 bits per heavy atom. The number of pyridine rings is 1. The van der Waals surface area contributed by atoms with E-state index in [1.165, 1.54) is 18.2 Å². The number of nitrogens with one attached hydrogen (secondary N) is 1. The summed E-state index contributed by atoms with van der Waals surface area (Å²) >= 11 is 3.34. The fourth-order valence-corrected chi connectivity index (χ4v) is 4.56. The molecule has 2 aromatic carbocycles. The molecular weight excluding hydrogens is 420 g/mol. The highest BCUT2D eigenvalue weighted by atomic mass is 79.9. The third kappa shape index (κ3) is 3.09. The van der Waals surface area contributed by atoms with Crippen molar-refractivity contribution in [2.24, 2.45) is 0 Å². The lowest BCUT2D eigenvalue weighted by Gasteiger charge is -2.11. The first kappa shape index (κ1) is 16.7. The maximum absolute atomic E-state index is 12.9. The van der Waals surface area contributed by atoms with Gasteiger partial charge < -0.3 is 4.42 Å². The van der Waals surface area contributed by atoms with Gasteiger partial charge in [0.15, 0.2) is 0 Å². The van der Waals surface area contributed by atoms with E-state index >= 15 is 0 Å². The van der Waals surface area contributed by atoms with Gasteiger partial charge in [0.25, 0.3) is 10.0 Å². The molecule has 0 saturated carbocycles. The Morgan fingerprint density at radius 2 is 1.85 bits per heavy atom. The molecule has 6 nitrogen and oxygen atoms in total. The summed E-state index contributed by atoms with van der Waals surface area (Å²) in [5.41, 5.74) is 0.665. The molecule has 130 valence electrons. The number of benzene rings is 2. The van der Waals surface area contributed by atoms with E-state index in [-0.39, 0.29) is 4.90 Å². The van der Waals surface area contributed by atoms with Gasteiger partial charge in [-0.15, -0.1) is 0 Å². The van der Waals surface area contributed by atoms with E-state index in [9.17, 15) is 13.2 Å². The molecule has 0 fully saturated rings. The van der Waals surface area contributed by atoms with Gasteiger partial charge in [-0.25, -0.2) is 13.2 Å². The molecule has 0 unspecified atom stereocenters. The molecule has 8 heteroatoms. The topological polar surface area (TPSA) is 89.3 Å². The average Bonchev–Trinajstić information content (AvgIpc) is 2.61. The largest absolute Gasteiger partial charge is 0.423 e. The van der Waals surface area contributed by atoms with Crippen LogP contribution in [0.2, 0.25) is 0 Å². The molecule has 0 aliphatic heterocycles. The molecule has 0 amide bonds. The summed E-state index contributed by atoms with van der Waals surface area (Å²) in [4.78, 5) is 15.5. The second kappa shape index (κ2) is 6.22. The lowest BCUT2D eigenvalue weighted by Crippen LogP contribution is -2.14. The Labute approximate surface area is 156 Å². The van der Waals surface area contributed by atoms with Crippen molar-refractivity contribution < 1.29 is 12.8 Å². The average molecular weight is 431 g/mol. The molecule has 0 aliphatic carbocycles. The Balaban J connectivity index is 1.81. The number of halogens is 1. The quantitative estimate of drug-likeness (QED) is 0.497. The van der Waals surface area contributed by atoms with Gasteiger partial charge in [0.2, 0.25) is 0 Å². The van der Waals surface area contributed by atoms with Gasteiger partial charge in [-0.3, -0.25) is 9.71 Å². The molecule has 1 N–H and O–H groups in total. The predicted octanol–water partition coefficient (Wildman–Crippen LogP) is 3.90. The third-order valence-electron chi connectivity index (χ3n) is 3.80. The van der Waals surface area contributed by atoms with Crippen molar-refractivity contribution >= 4 is 53.5 Å². The van der Waals surface area contributed by atoms with Crippen LogP contribution < -0.4 is 10.3 Å². The van der Waals surface area contributed by atoms with E-state index < -0.39 is 15.6 Å². The van der Waals surface area contributed by atoms with Crippen LogP contribution in [-0.2, 0) is 10.0 Å². The first-order valence-corrected chi connectivity index (χ1v) is 9.81. The van der Waals surface area contributed by atoms with Gasteiger partial charge in [0.1, 0.15) is 10.5 Å². The molecule has 26 heavy (non-hydrogen) atoms. The van der Waals surface area contributed by atoms with Crippen molar-refractivity contribution in [1.82, 2.24) is 4.98 Å².